The van der Waals surface area contributed by atoms with Crippen LogP contribution < -0.4 is 16.4 Å². The number of nitrogens with zero attached hydrogens (tertiary/aromatic N) is 2. The number of amides is 1. The minimum absolute atomic E-state index is 0.0542. The van der Waals surface area contributed by atoms with E-state index in [1.807, 2.05) is 4.40 Å². The van der Waals surface area contributed by atoms with Crippen LogP contribution >= 0.6 is 0 Å². The third-order valence-corrected chi connectivity index (χ3v) is 4.63. The average molecular weight is 371 g/mol. The predicted octanol–water partition coefficient (Wildman–Crippen LogP) is 1.43. The highest BCUT2D eigenvalue weighted by molar-refractivity contribution is 5.95. The molecule has 4 N–H and O–H groups in total. The number of carbonyl (C=O) groups is 2. The topological polar surface area (TPSA) is 111 Å². The molecule has 27 heavy (non-hydrogen) atoms. The van der Waals surface area contributed by atoms with Crippen LogP contribution in [0.3, 0.4) is 0 Å². The van der Waals surface area contributed by atoms with Crippen LogP contribution in [0.1, 0.15) is 41.2 Å². The van der Waals surface area contributed by atoms with Crippen LogP contribution in [0.4, 0.5) is 5.82 Å². The summed E-state index contributed by atoms with van der Waals surface area (Å²) in [6.07, 6.45) is 9.03. The number of fused-ring (bicyclic) bond motifs is 1. The first-order valence-corrected chi connectivity index (χ1v) is 9.10. The number of rotatable bonds is 7. The van der Waals surface area contributed by atoms with Crippen molar-refractivity contribution >= 4 is 23.3 Å². The normalized spacial score (nSPS) is 16.3. The summed E-state index contributed by atoms with van der Waals surface area (Å²) >= 11 is 0. The highest BCUT2D eigenvalue weighted by Crippen LogP contribution is 2.34. The molecule has 144 valence electrons. The average Bonchev–Trinajstić information content (AvgIpc) is 3.08. The van der Waals surface area contributed by atoms with Crippen molar-refractivity contribution in [3.05, 3.63) is 41.7 Å². The number of allylic oxidation sites excluding steroid dienone is 2. The Kier molecular flexibility index (Phi) is 6.08. The summed E-state index contributed by atoms with van der Waals surface area (Å²) < 4.78 is 6.60. The molecule has 0 aliphatic heterocycles. The zero-order valence-corrected chi connectivity index (χ0v) is 15.4. The molecule has 8 heteroatoms. The lowest BCUT2D eigenvalue weighted by Gasteiger charge is -2.17. The molecule has 1 aliphatic carbocycles. The molecular formula is C19H25N5O3. The summed E-state index contributed by atoms with van der Waals surface area (Å²) in [5.41, 5.74) is 7.53. The van der Waals surface area contributed by atoms with Gasteiger partial charge in [0.25, 0.3) is 5.91 Å². The van der Waals surface area contributed by atoms with Gasteiger partial charge in [-0.05, 0) is 31.4 Å². The highest BCUT2D eigenvalue weighted by Gasteiger charge is 2.22. The Morgan fingerprint density at radius 1 is 1.41 bits per heavy atom. The van der Waals surface area contributed by atoms with Crippen molar-refractivity contribution in [3.63, 3.8) is 0 Å². The maximum Gasteiger partial charge on any atom is 0.325 e. The van der Waals surface area contributed by atoms with Crippen molar-refractivity contribution in [3.8, 4) is 0 Å². The second kappa shape index (κ2) is 8.68. The molecule has 8 nitrogen and oxygen atoms in total. The van der Waals surface area contributed by atoms with Crippen LogP contribution in [0.25, 0.3) is 5.65 Å². The minimum atomic E-state index is -0.350. The van der Waals surface area contributed by atoms with Crippen molar-refractivity contribution in [1.82, 2.24) is 14.7 Å². The van der Waals surface area contributed by atoms with Gasteiger partial charge in [-0.2, -0.15) is 0 Å². The van der Waals surface area contributed by atoms with Gasteiger partial charge in [-0.25, -0.2) is 4.98 Å². The first kappa shape index (κ1) is 18.9. The van der Waals surface area contributed by atoms with Gasteiger partial charge < -0.3 is 21.1 Å². The van der Waals surface area contributed by atoms with Gasteiger partial charge in [0, 0.05) is 30.8 Å². The lowest BCUT2D eigenvalue weighted by molar-refractivity contribution is -0.138. The molecule has 2 aromatic heterocycles. The largest absolute Gasteiger partial charge is 0.468 e. The number of imidazole rings is 1. The molecule has 0 spiro atoms. The molecule has 0 bridgehead atoms. The molecule has 2 aromatic rings. The molecule has 0 saturated carbocycles. The molecule has 0 radical (unpaired) electrons. The van der Waals surface area contributed by atoms with Crippen LogP contribution in [0.2, 0.25) is 0 Å². The Balaban J connectivity index is 1.96. The number of aromatic nitrogens is 2. The Morgan fingerprint density at radius 2 is 2.26 bits per heavy atom. The van der Waals surface area contributed by atoms with Crippen molar-refractivity contribution in [2.45, 2.75) is 25.2 Å². The Bertz CT molecular complexity index is 858. The minimum Gasteiger partial charge on any atom is -0.468 e. The van der Waals surface area contributed by atoms with Crippen molar-refractivity contribution < 1.29 is 14.3 Å². The second-order valence-corrected chi connectivity index (χ2v) is 6.44. The fraction of sp³-hybridized carbons (Fsp3) is 0.421. The van der Waals surface area contributed by atoms with Gasteiger partial charge in [0.05, 0.1) is 12.8 Å². The Morgan fingerprint density at radius 3 is 2.96 bits per heavy atom. The van der Waals surface area contributed by atoms with E-state index in [1.54, 1.807) is 18.3 Å². The number of hydrogen-bond donors (Lipinski definition) is 3. The standard InChI is InChI=1S/C19H25N5O3/c1-27-16(25)12-22-18-17(13-5-3-2-4-6-13)23-15-11-14(7-10-24(15)18)19(26)21-9-8-20/h2-3,7,10-11,13,22H,4-6,8-9,12,20H2,1H3,(H,21,26). The lowest BCUT2D eigenvalue weighted by atomic mass is 9.91. The number of esters is 1. The fourth-order valence-electron chi connectivity index (χ4n) is 3.22. The van der Waals surface area contributed by atoms with Gasteiger partial charge >= 0.3 is 5.97 Å². The number of anilines is 1. The van der Waals surface area contributed by atoms with Crippen LogP contribution in [0.5, 0.6) is 0 Å². The van der Waals surface area contributed by atoms with Gasteiger partial charge in [0.2, 0.25) is 0 Å². The molecular weight excluding hydrogens is 346 g/mol. The van der Waals surface area contributed by atoms with Gasteiger partial charge in [-0.15, -0.1) is 0 Å². The third kappa shape index (κ3) is 4.28. The molecule has 0 aromatic carbocycles. The molecule has 2 heterocycles. The van der Waals surface area contributed by atoms with Gasteiger partial charge in [0.1, 0.15) is 18.0 Å². The number of nitrogens with two attached hydrogens (primary N) is 1. The van der Waals surface area contributed by atoms with E-state index in [9.17, 15) is 9.59 Å². The van der Waals surface area contributed by atoms with E-state index in [2.05, 4.69) is 22.8 Å². The predicted molar refractivity (Wildman–Crippen MR) is 103 cm³/mol. The first-order valence-electron chi connectivity index (χ1n) is 9.10. The smallest absolute Gasteiger partial charge is 0.325 e. The summed E-state index contributed by atoms with van der Waals surface area (Å²) in [7, 11) is 1.36. The molecule has 1 amide bonds. The maximum atomic E-state index is 12.2. The van der Waals surface area contributed by atoms with Crippen LogP contribution in [0.15, 0.2) is 30.5 Å². The fourth-order valence-corrected chi connectivity index (χ4v) is 3.22. The zero-order chi connectivity index (χ0) is 19.2. The molecule has 1 atom stereocenters. The molecule has 0 saturated heterocycles. The van der Waals surface area contributed by atoms with Crippen LogP contribution in [0, 0.1) is 0 Å². The number of nitrogens with one attached hydrogen (secondary N) is 2. The summed E-state index contributed by atoms with van der Waals surface area (Å²) in [5, 5.41) is 5.91. The van der Waals surface area contributed by atoms with Gasteiger partial charge in [-0.3, -0.25) is 14.0 Å². The van der Waals surface area contributed by atoms with E-state index in [1.165, 1.54) is 7.11 Å². The van der Waals surface area contributed by atoms with Crippen LogP contribution in [-0.4, -0.2) is 48.0 Å². The molecule has 1 unspecified atom stereocenters. The Hall–Kier alpha value is -2.87. The monoisotopic (exact) mass is 371 g/mol. The highest BCUT2D eigenvalue weighted by atomic mass is 16.5. The molecule has 3 rings (SSSR count). The van der Waals surface area contributed by atoms with E-state index >= 15 is 0 Å². The van der Waals surface area contributed by atoms with Crippen LogP contribution in [-0.2, 0) is 9.53 Å². The number of hydrogen-bond acceptors (Lipinski definition) is 6. The van der Waals surface area contributed by atoms with E-state index in [0.29, 0.717) is 24.3 Å². The van der Waals surface area contributed by atoms with E-state index in [0.717, 1.165) is 30.8 Å². The van der Waals surface area contributed by atoms with E-state index in [-0.39, 0.29) is 24.3 Å². The van der Waals surface area contributed by atoms with Crippen molar-refractivity contribution in [2.24, 2.45) is 5.73 Å². The molecule has 0 fully saturated rings. The summed E-state index contributed by atoms with van der Waals surface area (Å²) in [6, 6.07) is 3.48. The quantitative estimate of drug-likeness (QED) is 0.502. The van der Waals surface area contributed by atoms with Crippen molar-refractivity contribution in [1.29, 1.82) is 0 Å². The van der Waals surface area contributed by atoms with Gasteiger partial charge in [-0.1, -0.05) is 12.2 Å². The molecule has 1 aliphatic rings. The number of ether oxygens (including phenoxy) is 1. The first-order chi connectivity index (χ1) is 13.1. The number of pyridine rings is 1. The summed E-state index contributed by atoms with van der Waals surface area (Å²) in [4.78, 5) is 28.6. The summed E-state index contributed by atoms with van der Waals surface area (Å²) in [5.74, 6) is 0.503. The SMILES string of the molecule is COC(=O)CNc1c(C2CC=CCC2)nc2cc(C(=O)NCCN)ccn12. The Labute approximate surface area is 157 Å². The zero-order valence-electron chi connectivity index (χ0n) is 15.4. The summed E-state index contributed by atoms with van der Waals surface area (Å²) in [6.45, 7) is 0.862. The van der Waals surface area contributed by atoms with E-state index in [4.69, 9.17) is 15.5 Å². The lowest BCUT2D eigenvalue weighted by Crippen LogP contribution is -2.29. The second-order valence-electron chi connectivity index (χ2n) is 6.44. The third-order valence-electron chi connectivity index (χ3n) is 4.63. The number of methoxy groups -OCH3 is 1. The van der Waals surface area contributed by atoms with Gasteiger partial charge in [0.15, 0.2) is 0 Å². The van der Waals surface area contributed by atoms with E-state index < -0.39 is 0 Å². The number of carbonyl (C=O) groups excluding carboxylic acids is 2. The van der Waals surface area contributed by atoms with Crippen molar-refractivity contribution in [2.75, 3.05) is 32.1 Å². The maximum absolute atomic E-state index is 12.2.